The molecule has 0 fully saturated rings. The Labute approximate surface area is 196 Å². The van der Waals surface area contributed by atoms with Gasteiger partial charge in [-0.05, 0) is 67.1 Å². The molecule has 8 nitrogen and oxygen atoms in total. The molecule has 0 saturated carbocycles. The van der Waals surface area contributed by atoms with Crippen molar-refractivity contribution in [3.8, 4) is 5.75 Å². The molecule has 0 saturated heterocycles. The second kappa shape index (κ2) is 10.4. The highest BCUT2D eigenvalue weighted by Crippen LogP contribution is 2.17. The number of rotatable bonds is 8. The van der Waals surface area contributed by atoms with Gasteiger partial charge in [0, 0.05) is 29.8 Å². The van der Waals surface area contributed by atoms with Crippen molar-refractivity contribution in [2.24, 2.45) is 0 Å². The van der Waals surface area contributed by atoms with Crippen LogP contribution in [0.2, 0.25) is 0 Å². The van der Waals surface area contributed by atoms with Crippen molar-refractivity contribution in [2.75, 3.05) is 17.7 Å². The van der Waals surface area contributed by atoms with E-state index < -0.39 is 0 Å². The van der Waals surface area contributed by atoms with Crippen LogP contribution in [0.3, 0.4) is 0 Å². The first-order chi connectivity index (χ1) is 16.5. The van der Waals surface area contributed by atoms with Crippen LogP contribution in [0.5, 0.6) is 5.75 Å². The Morgan fingerprint density at radius 1 is 0.912 bits per heavy atom. The Bertz CT molecular complexity index is 1360. The summed E-state index contributed by atoms with van der Waals surface area (Å²) in [6.45, 7) is 0. The van der Waals surface area contributed by atoms with Crippen LogP contribution >= 0.6 is 0 Å². The second-order valence-corrected chi connectivity index (χ2v) is 7.69. The van der Waals surface area contributed by atoms with E-state index in [0.29, 0.717) is 52.3 Å². The number of amides is 2. The average Bonchev–Trinajstić information content (AvgIpc) is 2.85. The molecule has 1 aromatic heterocycles. The van der Waals surface area contributed by atoms with Crippen LogP contribution < -0.4 is 20.9 Å². The van der Waals surface area contributed by atoms with Gasteiger partial charge in [-0.3, -0.25) is 14.4 Å². The lowest BCUT2D eigenvalue weighted by Gasteiger charge is -2.08. The summed E-state index contributed by atoms with van der Waals surface area (Å²) in [4.78, 5) is 44.1. The third kappa shape index (κ3) is 5.66. The zero-order valence-electron chi connectivity index (χ0n) is 18.6. The molecule has 0 atom stereocenters. The Morgan fingerprint density at radius 2 is 1.59 bits per heavy atom. The number of H-pyrrole nitrogens is 1. The highest BCUT2D eigenvalue weighted by atomic mass is 16.5. The molecule has 0 radical (unpaired) electrons. The molecule has 4 aromatic rings. The highest BCUT2D eigenvalue weighted by Gasteiger charge is 2.09. The van der Waals surface area contributed by atoms with Crippen LogP contribution in [-0.2, 0) is 11.2 Å². The fourth-order valence-corrected chi connectivity index (χ4v) is 3.48. The van der Waals surface area contributed by atoms with Gasteiger partial charge in [-0.2, -0.15) is 0 Å². The topological polar surface area (TPSA) is 113 Å². The van der Waals surface area contributed by atoms with E-state index in [2.05, 4.69) is 20.6 Å². The first-order valence-corrected chi connectivity index (χ1v) is 10.8. The Hall–Kier alpha value is -4.46. The quantitative estimate of drug-likeness (QED) is 0.369. The number of nitrogens with zero attached hydrogens (tertiary/aromatic N) is 1. The zero-order chi connectivity index (χ0) is 23.9. The van der Waals surface area contributed by atoms with Gasteiger partial charge >= 0.3 is 0 Å². The summed E-state index contributed by atoms with van der Waals surface area (Å²) in [7, 11) is 1.58. The van der Waals surface area contributed by atoms with Crippen LogP contribution in [0.25, 0.3) is 10.9 Å². The van der Waals surface area contributed by atoms with Gasteiger partial charge in [-0.25, -0.2) is 4.98 Å². The average molecular weight is 457 g/mol. The number of aryl methyl sites for hydroxylation is 1. The number of fused-ring (bicyclic) bond motifs is 1. The van der Waals surface area contributed by atoms with E-state index in [-0.39, 0.29) is 23.8 Å². The van der Waals surface area contributed by atoms with Crippen molar-refractivity contribution in [1.82, 2.24) is 9.97 Å². The van der Waals surface area contributed by atoms with Gasteiger partial charge in [0.15, 0.2) is 0 Å². The predicted molar refractivity (Wildman–Crippen MR) is 131 cm³/mol. The lowest BCUT2D eigenvalue weighted by Crippen LogP contribution is -2.15. The van der Waals surface area contributed by atoms with Crippen LogP contribution in [-0.4, -0.2) is 28.9 Å². The van der Waals surface area contributed by atoms with Gasteiger partial charge in [-0.15, -0.1) is 0 Å². The zero-order valence-corrected chi connectivity index (χ0v) is 18.6. The molecule has 3 N–H and O–H groups in total. The molecule has 0 aliphatic rings. The number of nitrogens with one attached hydrogen (secondary N) is 3. The van der Waals surface area contributed by atoms with E-state index in [1.807, 2.05) is 6.07 Å². The molecule has 0 aliphatic carbocycles. The van der Waals surface area contributed by atoms with E-state index in [4.69, 9.17) is 4.74 Å². The molecular weight excluding hydrogens is 432 g/mol. The summed E-state index contributed by atoms with van der Waals surface area (Å²) in [6.07, 6.45) is 1.30. The minimum atomic E-state index is -0.250. The number of methoxy groups -OCH3 is 1. The number of carbonyl (C=O) groups is 2. The molecular formula is C26H24N4O4. The number of para-hydroxylation sites is 1. The summed E-state index contributed by atoms with van der Waals surface area (Å²) >= 11 is 0. The Morgan fingerprint density at radius 3 is 2.32 bits per heavy atom. The number of hydrogen-bond donors (Lipinski definition) is 3. The maximum Gasteiger partial charge on any atom is 0.258 e. The van der Waals surface area contributed by atoms with Crippen molar-refractivity contribution >= 4 is 34.1 Å². The number of carbonyl (C=O) groups excluding carboxylic acids is 2. The van der Waals surface area contributed by atoms with Crippen molar-refractivity contribution in [2.45, 2.75) is 19.3 Å². The summed E-state index contributed by atoms with van der Waals surface area (Å²) in [5.74, 6) is 0.863. The van der Waals surface area contributed by atoms with Gasteiger partial charge in [-0.1, -0.05) is 12.1 Å². The van der Waals surface area contributed by atoms with Crippen LogP contribution in [0.15, 0.2) is 77.6 Å². The lowest BCUT2D eigenvalue weighted by atomic mass is 10.1. The first kappa shape index (κ1) is 22.7. The predicted octanol–water partition coefficient (Wildman–Crippen LogP) is 4.15. The molecule has 2 amide bonds. The van der Waals surface area contributed by atoms with Crippen molar-refractivity contribution < 1.29 is 14.3 Å². The standard InChI is InChI=1S/C26H24N4O4/c1-34-20-15-13-19(14-16-20)28-25(32)17-9-11-18(12-10-17)27-24(31)8-4-7-23-29-22-6-3-2-5-21(22)26(33)30-23/h2-3,5-6,9-16H,4,7-8H2,1H3,(H,27,31)(H,28,32)(H,29,30,33). The molecule has 0 unspecified atom stereocenters. The number of aromatic amines is 1. The SMILES string of the molecule is COc1ccc(NC(=O)c2ccc(NC(=O)CCCc3nc4ccccc4c(=O)[nH]3)cc2)cc1. The number of ether oxygens (including phenoxy) is 1. The van der Waals surface area contributed by atoms with Crippen molar-refractivity contribution in [3.05, 3.63) is 94.5 Å². The molecule has 3 aromatic carbocycles. The minimum Gasteiger partial charge on any atom is -0.497 e. The Kier molecular flexibility index (Phi) is 6.98. The maximum absolute atomic E-state index is 12.4. The van der Waals surface area contributed by atoms with Crippen molar-refractivity contribution in [3.63, 3.8) is 0 Å². The molecule has 0 spiro atoms. The maximum atomic E-state index is 12.4. The van der Waals surface area contributed by atoms with Gasteiger partial charge in [0.05, 0.1) is 18.0 Å². The largest absolute Gasteiger partial charge is 0.497 e. The summed E-state index contributed by atoms with van der Waals surface area (Å²) < 4.78 is 5.11. The number of hydrogen-bond acceptors (Lipinski definition) is 5. The third-order valence-electron chi connectivity index (χ3n) is 5.26. The normalized spacial score (nSPS) is 10.6. The molecule has 8 heteroatoms. The molecule has 4 rings (SSSR count). The second-order valence-electron chi connectivity index (χ2n) is 7.69. The number of benzene rings is 3. The number of aromatic nitrogens is 2. The monoisotopic (exact) mass is 456 g/mol. The molecule has 1 heterocycles. The molecule has 0 aliphatic heterocycles. The van der Waals surface area contributed by atoms with E-state index in [9.17, 15) is 14.4 Å². The summed E-state index contributed by atoms with van der Waals surface area (Å²) in [5, 5.41) is 6.18. The summed E-state index contributed by atoms with van der Waals surface area (Å²) in [5.41, 5.74) is 2.19. The van der Waals surface area contributed by atoms with Crippen LogP contribution in [0.4, 0.5) is 11.4 Å². The molecule has 34 heavy (non-hydrogen) atoms. The molecule has 172 valence electrons. The van der Waals surface area contributed by atoms with Gasteiger partial charge in [0.1, 0.15) is 11.6 Å². The van der Waals surface area contributed by atoms with Crippen molar-refractivity contribution in [1.29, 1.82) is 0 Å². The first-order valence-electron chi connectivity index (χ1n) is 10.8. The van der Waals surface area contributed by atoms with E-state index in [1.165, 1.54) is 0 Å². The minimum absolute atomic E-state index is 0.154. The lowest BCUT2D eigenvalue weighted by molar-refractivity contribution is -0.116. The van der Waals surface area contributed by atoms with Crippen LogP contribution in [0, 0.1) is 0 Å². The van der Waals surface area contributed by atoms with E-state index >= 15 is 0 Å². The number of anilines is 2. The van der Waals surface area contributed by atoms with Gasteiger partial charge < -0.3 is 20.4 Å². The Balaban J connectivity index is 1.27. The van der Waals surface area contributed by atoms with E-state index in [1.54, 1.807) is 73.8 Å². The smallest absolute Gasteiger partial charge is 0.258 e. The highest BCUT2D eigenvalue weighted by molar-refractivity contribution is 6.04. The van der Waals surface area contributed by atoms with Gasteiger partial charge in [0.25, 0.3) is 11.5 Å². The third-order valence-corrected chi connectivity index (χ3v) is 5.26. The van der Waals surface area contributed by atoms with Gasteiger partial charge in [0.2, 0.25) is 5.91 Å². The van der Waals surface area contributed by atoms with Crippen LogP contribution in [0.1, 0.15) is 29.0 Å². The fraction of sp³-hybridized carbons (Fsp3) is 0.154. The fourth-order valence-electron chi connectivity index (χ4n) is 3.48. The summed E-state index contributed by atoms with van der Waals surface area (Å²) in [6, 6.07) is 20.9. The van der Waals surface area contributed by atoms with E-state index in [0.717, 1.165) is 0 Å². The molecule has 0 bridgehead atoms.